The Morgan fingerprint density at radius 2 is 1.65 bits per heavy atom. The molecule has 0 radical (unpaired) electrons. The molecular weight excluding hydrogens is 231 g/mol. The summed E-state index contributed by atoms with van der Waals surface area (Å²) in [6.45, 7) is 1.43. The van der Waals surface area contributed by atoms with Crippen LogP contribution in [-0.2, 0) is 0 Å². The van der Waals surface area contributed by atoms with Crippen LogP contribution in [0.1, 0.15) is 24.5 Å². The Morgan fingerprint density at radius 1 is 1.12 bits per heavy atom. The highest BCUT2D eigenvalue weighted by Crippen LogP contribution is 2.32. The maximum atomic E-state index is 13.5. The fourth-order valence-electron chi connectivity index (χ4n) is 2.23. The van der Waals surface area contributed by atoms with Crippen molar-refractivity contribution >= 4 is 0 Å². The topological polar surface area (TPSA) is 32.3 Å². The van der Waals surface area contributed by atoms with Crippen molar-refractivity contribution in [3.05, 3.63) is 35.1 Å². The van der Waals surface area contributed by atoms with Gasteiger partial charge in [-0.1, -0.05) is 0 Å². The van der Waals surface area contributed by atoms with Crippen molar-refractivity contribution in [2.75, 3.05) is 13.1 Å². The molecule has 1 aromatic carbocycles. The third-order valence-electron chi connectivity index (χ3n) is 3.17. The monoisotopic (exact) mass is 245 g/mol. The number of nitrogens with one attached hydrogen (secondary N) is 1. The van der Waals surface area contributed by atoms with Crippen LogP contribution in [0.15, 0.2) is 12.1 Å². The van der Waals surface area contributed by atoms with E-state index in [0.717, 1.165) is 0 Å². The summed E-state index contributed by atoms with van der Waals surface area (Å²) in [7, 11) is 0. The summed E-state index contributed by atoms with van der Waals surface area (Å²) in [6.07, 6.45) is 0.0900. The number of halogens is 3. The van der Waals surface area contributed by atoms with Gasteiger partial charge in [-0.2, -0.15) is 0 Å². The van der Waals surface area contributed by atoms with E-state index in [1.807, 2.05) is 0 Å². The summed E-state index contributed by atoms with van der Waals surface area (Å²) in [6, 6.07) is 1.20. The van der Waals surface area contributed by atoms with Gasteiger partial charge in [0.25, 0.3) is 0 Å². The zero-order valence-electron chi connectivity index (χ0n) is 9.22. The average Bonchev–Trinajstić information content (AvgIpc) is 2.28. The Labute approximate surface area is 97.5 Å². The van der Waals surface area contributed by atoms with Crippen LogP contribution < -0.4 is 5.32 Å². The molecule has 1 saturated heterocycles. The van der Waals surface area contributed by atoms with E-state index < -0.39 is 29.1 Å². The van der Waals surface area contributed by atoms with Gasteiger partial charge in [-0.05, 0) is 31.8 Å². The van der Waals surface area contributed by atoms with Gasteiger partial charge in [0.1, 0.15) is 17.5 Å². The van der Waals surface area contributed by atoms with Crippen molar-refractivity contribution in [3.8, 4) is 0 Å². The minimum absolute atomic E-state index is 0.189. The van der Waals surface area contributed by atoms with E-state index in [1.165, 1.54) is 0 Å². The lowest BCUT2D eigenvalue weighted by molar-refractivity contribution is 0.0819. The minimum Gasteiger partial charge on any atom is -0.388 e. The molecule has 0 aromatic heterocycles. The van der Waals surface area contributed by atoms with Gasteiger partial charge in [0.05, 0.1) is 11.7 Å². The smallest absolute Gasteiger partial charge is 0.134 e. The number of hydrogen-bond donors (Lipinski definition) is 2. The highest BCUT2D eigenvalue weighted by Gasteiger charge is 2.28. The molecule has 17 heavy (non-hydrogen) atoms. The van der Waals surface area contributed by atoms with Crippen LogP contribution in [0.2, 0.25) is 0 Å². The maximum absolute atomic E-state index is 13.5. The first-order valence-electron chi connectivity index (χ1n) is 5.63. The van der Waals surface area contributed by atoms with Crippen molar-refractivity contribution < 1.29 is 18.3 Å². The van der Waals surface area contributed by atoms with E-state index in [-0.39, 0.29) is 5.92 Å². The van der Waals surface area contributed by atoms with Gasteiger partial charge in [-0.3, -0.25) is 0 Å². The molecule has 0 amide bonds. The predicted molar refractivity (Wildman–Crippen MR) is 56.9 cm³/mol. The maximum Gasteiger partial charge on any atom is 0.134 e. The molecule has 1 heterocycles. The highest BCUT2D eigenvalue weighted by molar-refractivity contribution is 5.23. The van der Waals surface area contributed by atoms with E-state index in [0.29, 0.717) is 38.1 Å². The summed E-state index contributed by atoms with van der Waals surface area (Å²) in [5.74, 6) is -3.20. The van der Waals surface area contributed by atoms with Crippen molar-refractivity contribution in [2.24, 2.45) is 5.92 Å². The van der Waals surface area contributed by atoms with Crippen LogP contribution in [0.5, 0.6) is 0 Å². The molecule has 1 fully saturated rings. The fourth-order valence-corrected chi connectivity index (χ4v) is 2.23. The largest absolute Gasteiger partial charge is 0.388 e. The van der Waals surface area contributed by atoms with E-state index >= 15 is 0 Å². The lowest BCUT2D eigenvalue weighted by Gasteiger charge is -2.27. The second-order valence-electron chi connectivity index (χ2n) is 4.32. The third kappa shape index (κ3) is 2.61. The second-order valence-corrected chi connectivity index (χ2v) is 4.32. The SMILES string of the molecule is OC(c1c(F)cc(F)cc1F)C1CCNCC1. The molecule has 1 aliphatic heterocycles. The van der Waals surface area contributed by atoms with Crippen LogP contribution in [0.25, 0.3) is 0 Å². The molecule has 0 aliphatic carbocycles. The molecule has 1 unspecified atom stereocenters. The molecule has 5 heteroatoms. The molecule has 1 aromatic rings. The lowest BCUT2D eigenvalue weighted by Crippen LogP contribution is -2.31. The Hall–Kier alpha value is -1.07. The molecule has 1 aliphatic rings. The van der Waals surface area contributed by atoms with Crippen LogP contribution in [0, 0.1) is 23.4 Å². The Bertz CT molecular complexity index is 382. The van der Waals surface area contributed by atoms with E-state index in [1.54, 1.807) is 0 Å². The van der Waals surface area contributed by atoms with Crippen LogP contribution in [0.3, 0.4) is 0 Å². The van der Waals surface area contributed by atoms with Crippen LogP contribution in [-0.4, -0.2) is 18.2 Å². The Morgan fingerprint density at radius 3 is 2.18 bits per heavy atom. The quantitative estimate of drug-likeness (QED) is 0.836. The zero-order chi connectivity index (χ0) is 12.4. The summed E-state index contributed by atoms with van der Waals surface area (Å²) in [5, 5.41) is 13.1. The number of aliphatic hydroxyl groups excluding tert-OH is 1. The highest BCUT2D eigenvalue weighted by atomic mass is 19.1. The molecule has 0 saturated carbocycles. The summed E-state index contributed by atoms with van der Waals surface area (Å²) in [5.41, 5.74) is -0.418. The number of rotatable bonds is 2. The normalized spacial score (nSPS) is 19.3. The first kappa shape index (κ1) is 12.4. The van der Waals surface area contributed by atoms with Gasteiger partial charge in [-0.15, -0.1) is 0 Å². The minimum atomic E-state index is -1.21. The van der Waals surface area contributed by atoms with E-state index in [2.05, 4.69) is 5.32 Å². The summed E-state index contributed by atoms with van der Waals surface area (Å²) >= 11 is 0. The molecule has 2 N–H and O–H groups in total. The van der Waals surface area contributed by atoms with Crippen molar-refractivity contribution in [3.63, 3.8) is 0 Å². The molecule has 2 nitrogen and oxygen atoms in total. The number of benzene rings is 1. The number of aliphatic hydroxyl groups is 1. The van der Waals surface area contributed by atoms with Crippen molar-refractivity contribution in [2.45, 2.75) is 18.9 Å². The van der Waals surface area contributed by atoms with Gasteiger partial charge < -0.3 is 10.4 Å². The molecular formula is C12H14F3NO. The van der Waals surface area contributed by atoms with E-state index in [4.69, 9.17) is 0 Å². The first-order chi connectivity index (χ1) is 8.09. The molecule has 94 valence electrons. The number of hydrogen-bond acceptors (Lipinski definition) is 2. The van der Waals surface area contributed by atoms with E-state index in [9.17, 15) is 18.3 Å². The third-order valence-corrected chi connectivity index (χ3v) is 3.17. The van der Waals surface area contributed by atoms with Gasteiger partial charge in [0.2, 0.25) is 0 Å². The Kier molecular flexibility index (Phi) is 3.69. The summed E-state index contributed by atoms with van der Waals surface area (Å²) in [4.78, 5) is 0. The van der Waals surface area contributed by atoms with Gasteiger partial charge in [0, 0.05) is 12.1 Å². The Balaban J connectivity index is 2.26. The lowest BCUT2D eigenvalue weighted by atomic mass is 9.87. The van der Waals surface area contributed by atoms with Gasteiger partial charge in [0.15, 0.2) is 0 Å². The molecule has 2 rings (SSSR count). The first-order valence-corrected chi connectivity index (χ1v) is 5.63. The van der Waals surface area contributed by atoms with Crippen LogP contribution in [0.4, 0.5) is 13.2 Å². The second kappa shape index (κ2) is 5.06. The summed E-state index contributed by atoms with van der Waals surface area (Å²) < 4.78 is 39.7. The van der Waals surface area contributed by atoms with Crippen molar-refractivity contribution in [1.29, 1.82) is 0 Å². The molecule has 0 bridgehead atoms. The van der Waals surface area contributed by atoms with Crippen LogP contribution >= 0.6 is 0 Å². The molecule has 0 spiro atoms. The molecule has 1 atom stereocenters. The van der Waals surface area contributed by atoms with Gasteiger partial charge >= 0.3 is 0 Å². The fraction of sp³-hybridized carbons (Fsp3) is 0.500. The average molecular weight is 245 g/mol. The van der Waals surface area contributed by atoms with Gasteiger partial charge in [-0.25, -0.2) is 13.2 Å². The van der Waals surface area contributed by atoms with Crippen molar-refractivity contribution in [1.82, 2.24) is 5.32 Å². The number of piperidine rings is 1. The standard InChI is InChI=1S/C12H14F3NO/c13-8-5-9(14)11(10(15)6-8)12(17)7-1-3-16-4-2-7/h5-7,12,16-17H,1-4H2. The predicted octanol–water partition coefficient (Wildman–Crippen LogP) is 2.14. The zero-order valence-corrected chi connectivity index (χ0v) is 9.22.